The Hall–Kier alpha value is 0.260. The molecule has 1 aromatic heterocycles. The SMILES string of the molecule is Nc1cc(Cl)c(I)c(Cl)n1. The van der Waals surface area contributed by atoms with Crippen molar-refractivity contribution in [1.82, 2.24) is 4.98 Å². The molecule has 0 fully saturated rings. The van der Waals surface area contributed by atoms with Crippen molar-refractivity contribution in [3.8, 4) is 0 Å². The summed E-state index contributed by atoms with van der Waals surface area (Å²) in [5.74, 6) is 0.343. The number of nitrogens with zero attached hydrogens (tertiary/aromatic N) is 1. The van der Waals surface area contributed by atoms with Crippen molar-refractivity contribution in [3.05, 3.63) is 19.8 Å². The van der Waals surface area contributed by atoms with Gasteiger partial charge in [0.2, 0.25) is 0 Å². The highest BCUT2D eigenvalue weighted by Crippen LogP contribution is 2.25. The zero-order chi connectivity index (χ0) is 7.72. The first-order valence-electron chi connectivity index (χ1n) is 2.38. The van der Waals surface area contributed by atoms with Crippen LogP contribution in [0.25, 0.3) is 0 Å². The van der Waals surface area contributed by atoms with Gasteiger partial charge in [0.25, 0.3) is 0 Å². The van der Waals surface area contributed by atoms with Gasteiger partial charge in [0, 0.05) is 6.07 Å². The van der Waals surface area contributed by atoms with Crippen LogP contribution in [0.1, 0.15) is 0 Å². The molecule has 1 aromatic rings. The molecule has 0 bridgehead atoms. The zero-order valence-electron chi connectivity index (χ0n) is 4.74. The second kappa shape index (κ2) is 3.11. The van der Waals surface area contributed by atoms with Crippen LogP contribution in [0.15, 0.2) is 6.07 Å². The topological polar surface area (TPSA) is 38.9 Å². The fourth-order valence-electron chi connectivity index (χ4n) is 0.486. The number of hydrogen-bond donors (Lipinski definition) is 1. The summed E-state index contributed by atoms with van der Waals surface area (Å²) in [6.45, 7) is 0. The standard InChI is InChI=1S/C5H3Cl2IN2/c6-2-1-3(9)10-5(7)4(2)8/h1H,(H2,9,10). The van der Waals surface area contributed by atoms with Crippen molar-refractivity contribution in [2.75, 3.05) is 5.73 Å². The van der Waals surface area contributed by atoms with E-state index in [0.29, 0.717) is 16.0 Å². The van der Waals surface area contributed by atoms with Crippen molar-refractivity contribution in [1.29, 1.82) is 0 Å². The number of pyridine rings is 1. The molecule has 2 N–H and O–H groups in total. The van der Waals surface area contributed by atoms with E-state index in [1.54, 1.807) is 6.07 Å². The Morgan fingerprint density at radius 1 is 1.50 bits per heavy atom. The van der Waals surface area contributed by atoms with Crippen molar-refractivity contribution in [3.63, 3.8) is 0 Å². The molecule has 0 aliphatic rings. The molecule has 10 heavy (non-hydrogen) atoms. The van der Waals surface area contributed by atoms with Crippen molar-refractivity contribution < 1.29 is 0 Å². The average molecular weight is 289 g/mol. The highest BCUT2D eigenvalue weighted by molar-refractivity contribution is 14.1. The molecular formula is C5H3Cl2IN2. The van der Waals surface area contributed by atoms with E-state index in [1.165, 1.54) is 0 Å². The summed E-state index contributed by atoms with van der Waals surface area (Å²) in [6, 6.07) is 1.56. The van der Waals surface area contributed by atoms with Gasteiger partial charge in [-0.05, 0) is 22.6 Å². The third-order valence-corrected chi connectivity index (χ3v) is 3.19. The molecule has 0 amide bonds. The van der Waals surface area contributed by atoms with Crippen LogP contribution in [-0.4, -0.2) is 4.98 Å². The van der Waals surface area contributed by atoms with Crippen molar-refractivity contribution in [2.24, 2.45) is 0 Å². The first-order valence-corrected chi connectivity index (χ1v) is 4.21. The maximum atomic E-state index is 5.71. The summed E-state index contributed by atoms with van der Waals surface area (Å²) in [7, 11) is 0. The Kier molecular flexibility index (Phi) is 2.60. The molecule has 0 saturated heterocycles. The van der Waals surface area contributed by atoms with Gasteiger partial charge in [0.1, 0.15) is 11.0 Å². The van der Waals surface area contributed by atoms with Gasteiger partial charge < -0.3 is 5.73 Å². The summed E-state index contributed by atoms with van der Waals surface area (Å²) >= 11 is 13.3. The van der Waals surface area contributed by atoms with Crippen LogP contribution in [0.2, 0.25) is 10.2 Å². The van der Waals surface area contributed by atoms with Gasteiger partial charge in [-0.2, -0.15) is 0 Å². The van der Waals surface area contributed by atoms with E-state index in [0.717, 1.165) is 3.57 Å². The van der Waals surface area contributed by atoms with Gasteiger partial charge >= 0.3 is 0 Å². The minimum Gasteiger partial charge on any atom is -0.384 e. The predicted octanol–water partition coefficient (Wildman–Crippen LogP) is 2.58. The van der Waals surface area contributed by atoms with Crippen LogP contribution in [0.3, 0.4) is 0 Å². The fraction of sp³-hybridized carbons (Fsp3) is 0. The van der Waals surface area contributed by atoms with Gasteiger partial charge in [0.05, 0.1) is 8.59 Å². The largest absolute Gasteiger partial charge is 0.384 e. The molecule has 1 rings (SSSR count). The quantitative estimate of drug-likeness (QED) is 0.589. The number of halogens is 3. The molecular weight excluding hydrogens is 286 g/mol. The van der Waals surface area contributed by atoms with Crippen LogP contribution in [0.4, 0.5) is 5.82 Å². The Balaban J connectivity index is 3.31. The molecule has 2 nitrogen and oxygen atoms in total. The lowest BCUT2D eigenvalue weighted by atomic mass is 10.5. The summed E-state index contributed by atoms with van der Waals surface area (Å²) in [6.07, 6.45) is 0. The van der Waals surface area contributed by atoms with Gasteiger partial charge in [-0.3, -0.25) is 0 Å². The highest BCUT2D eigenvalue weighted by atomic mass is 127. The predicted molar refractivity (Wildman–Crippen MR) is 51.4 cm³/mol. The van der Waals surface area contributed by atoms with Crippen LogP contribution < -0.4 is 5.73 Å². The fourth-order valence-corrected chi connectivity index (χ4v) is 1.21. The lowest BCUT2D eigenvalue weighted by Crippen LogP contribution is -1.91. The van der Waals surface area contributed by atoms with E-state index in [-0.39, 0.29) is 0 Å². The average Bonchev–Trinajstić information content (AvgIpc) is 1.82. The Morgan fingerprint density at radius 3 is 2.60 bits per heavy atom. The minimum atomic E-state index is 0.343. The molecule has 54 valence electrons. The zero-order valence-corrected chi connectivity index (χ0v) is 8.41. The van der Waals surface area contributed by atoms with Crippen molar-refractivity contribution in [2.45, 2.75) is 0 Å². The normalized spacial score (nSPS) is 9.90. The maximum absolute atomic E-state index is 5.71. The number of anilines is 1. The third-order valence-electron chi connectivity index (χ3n) is 0.893. The number of aromatic nitrogens is 1. The van der Waals surface area contributed by atoms with E-state index >= 15 is 0 Å². The summed E-state index contributed by atoms with van der Waals surface area (Å²) in [5, 5.41) is 0.892. The molecule has 5 heteroatoms. The monoisotopic (exact) mass is 288 g/mol. The lowest BCUT2D eigenvalue weighted by molar-refractivity contribution is 1.32. The number of hydrogen-bond acceptors (Lipinski definition) is 2. The molecule has 0 atom stereocenters. The van der Waals surface area contributed by atoms with Crippen LogP contribution in [0.5, 0.6) is 0 Å². The summed E-state index contributed by atoms with van der Waals surface area (Å²) in [5.41, 5.74) is 5.34. The number of nitrogen functional groups attached to an aromatic ring is 1. The number of rotatable bonds is 0. The molecule has 0 unspecified atom stereocenters. The van der Waals surface area contributed by atoms with E-state index < -0.39 is 0 Å². The number of nitrogens with two attached hydrogens (primary N) is 1. The molecule has 0 aromatic carbocycles. The first kappa shape index (κ1) is 8.36. The smallest absolute Gasteiger partial charge is 0.146 e. The van der Waals surface area contributed by atoms with Crippen LogP contribution in [-0.2, 0) is 0 Å². The third kappa shape index (κ3) is 1.65. The van der Waals surface area contributed by atoms with Gasteiger partial charge in [-0.25, -0.2) is 4.98 Å². The van der Waals surface area contributed by atoms with Gasteiger partial charge in [0.15, 0.2) is 0 Å². The molecule has 0 saturated carbocycles. The molecule has 0 aliphatic heterocycles. The van der Waals surface area contributed by atoms with E-state index in [4.69, 9.17) is 28.9 Å². The summed E-state index contributed by atoms with van der Waals surface area (Å²) in [4.78, 5) is 3.79. The van der Waals surface area contributed by atoms with Gasteiger partial charge in [-0.1, -0.05) is 23.2 Å². The molecule has 0 spiro atoms. The molecule has 0 radical (unpaired) electrons. The molecule has 1 heterocycles. The van der Waals surface area contributed by atoms with E-state index in [1.807, 2.05) is 22.6 Å². The van der Waals surface area contributed by atoms with E-state index in [9.17, 15) is 0 Å². The second-order valence-electron chi connectivity index (χ2n) is 1.63. The highest BCUT2D eigenvalue weighted by Gasteiger charge is 2.03. The Bertz CT molecular complexity index is 241. The van der Waals surface area contributed by atoms with Gasteiger partial charge in [-0.15, -0.1) is 0 Å². The second-order valence-corrected chi connectivity index (χ2v) is 3.48. The molecule has 0 aliphatic carbocycles. The Morgan fingerprint density at radius 2 is 2.10 bits per heavy atom. The summed E-state index contributed by atoms with van der Waals surface area (Å²) < 4.78 is 0.732. The van der Waals surface area contributed by atoms with Crippen LogP contribution >= 0.6 is 45.8 Å². The lowest BCUT2D eigenvalue weighted by Gasteiger charge is -1.98. The van der Waals surface area contributed by atoms with E-state index in [2.05, 4.69) is 4.98 Å². The maximum Gasteiger partial charge on any atom is 0.146 e. The first-order chi connectivity index (χ1) is 4.61. The van der Waals surface area contributed by atoms with Crippen molar-refractivity contribution >= 4 is 51.6 Å². The van der Waals surface area contributed by atoms with Crippen LogP contribution in [0, 0.1) is 3.57 Å². The minimum absolute atomic E-state index is 0.343. The Labute approximate surface area is 81.9 Å².